The lowest BCUT2D eigenvalue weighted by Crippen LogP contribution is -2.49. The fourth-order valence-corrected chi connectivity index (χ4v) is 4.64. The number of benzene rings is 3. The van der Waals surface area contributed by atoms with E-state index in [0.29, 0.717) is 39.6 Å². The van der Waals surface area contributed by atoms with Crippen molar-refractivity contribution in [3.05, 3.63) is 77.4 Å². The van der Waals surface area contributed by atoms with Crippen LogP contribution in [0.15, 0.2) is 60.7 Å². The Bertz CT molecular complexity index is 1340. The largest absolute Gasteiger partial charge is 0.508 e. The highest BCUT2D eigenvalue weighted by Crippen LogP contribution is 2.49. The van der Waals surface area contributed by atoms with E-state index in [1.165, 1.54) is 31.3 Å². The first kappa shape index (κ1) is 22.3. The number of carbonyl (C=O) groups excluding carboxylic acids is 3. The van der Waals surface area contributed by atoms with Crippen molar-refractivity contribution in [1.82, 2.24) is 4.90 Å². The van der Waals surface area contributed by atoms with Gasteiger partial charge >= 0.3 is 0 Å². The number of para-hydroxylation sites is 1. The van der Waals surface area contributed by atoms with Crippen LogP contribution in [-0.4, -0.2) is 48.5 Å². The number of fused-ring (bicyclic) bond motifs is 5. The highest BCUT2D eigenvalue weighted by atomic mass is 16.5. The molecule has 0 radical (unpaired) electrons. The van der Waals surface area contributed by atoms with Gasteiger partial charge in [0.25, 0.3) is 11.8 Å². The molecule has 0 spiro atoms. The van der Waals surface area contributed by atoms with Gasteiger partial charge in [0, 0.05) is 24.2 Å². The standard InChI is InChI=1S/C26H23N3O6/c1-34-20-12-11-18-22(23(20)35-2)26(33)29-19-6-4-3-5-17(19)25(32)28(24(18)29)14-13-21(31)27-15-7-9-16(30)10-8-15/h3-12,24,30H,13-14H2,1-2H3,(H,27,31)/t24-/m0/s1. The number of phenols is 1. The third-order valence-electron chi connectivity index (χ3n) is 6.21. The molecule has 0 aromatic heterocycles. The molecular weight excluding hydrogens is 450 g/mol. The molecule has 0 saturated heterocycles. The van der Waals surface area contributed by atoms with E-state index in [9.17, 15) is 19.5 Å². The molecule has 5 rings (SSSR count). The van der Waals surface area contributed by atoms with Gasteiger partial charge in [0.1, 0.15) is 11.9 Å². The number of ether oxygens (including phenoxy) is 2. The second kappa shape index (κ2) is 8.68. The summed E-state index contributed by atoms with van der Waals surface area (Å²) in [5.74, 6) is -0.0600. The lowest BCUT2D eigenvalue weighted by atomic mass is 10.0. The Kier molecular flexibility index (Phi) is 5.52. The van der Waals surface area contributed by atoms with Crippen LogP contribution in [0, 0.1) is 0 Å². The van der Waals surface area contributed by atoms with Gasteiger partial charge in [-0.1, -0.05) is 18.2 Å². The van der Waals surface area contributed by atoms with Crippen LogP contribution >= 0.6 is 0 Å². The molecule has 0 bridgehead atoms. The third kappa shape index (κ3) is 3.61. The first-order valence-electron chi connectivity index (χ1n) is 11.0. The van der Waals surface area contributed by atoms with E-state index in [-0.39, 0.29) is 36.4 Å². The van der Waals surface area contributed by atoms with Crippen LogP contribution in [0.4, 0.5) is 11.4 Å². The quantitative estimate of drug-likeness (QED) is 0.530. The molecule has 9 heteroatoms. The Morgan fingerprint density at radius 3 is 2.43 bits per heavy atom. The second-order valence-electron chi connectivity index (χ2n) is 8.17. The smallest absolute Gasteiger partial charge is 0.264 e. The number of phenolic OH excluding ortho intramolecular Hbond substituents is 1. The molecule has 0 saturated carbocycles. The number of aromatic hydroxyl groups is 1. The molecule has 1 atom stereocenters. The van der Waals surface area contributed by atoms with Gasteiger partial charge in [-0.3, -0.25) is 19.3 Å². The summed E-state index contributed by atoms with van der Waals surface area (Å²) < 4.78 is 10.9. The van der Waals surface area contributed by atoms with E-state index in [0.717, 1.165) is 0 Å². The highest BCUT2D eigenvalue weighted by molar-refractivity contribution is 6.18. The van der Waals surface area contributed by atoms with Crippen molar-refractivity contribution in [2.45, 2.75) is 12.6 Å². The number of nitrogens with zero attached hydrogens (tertiary/aromatic N) is 2. The topological polar surface area (TPSA) is 108 Å². The molecule has 3 aromatic carbocycles. The van der Waals surface area contributed by atoms with Crippen LogP contribution in [0.1, 0.15) is 38.9 Å². The van der Waals surface area contributed by atoms with E-state index in [2.05, 4.69) is 5.32 Å². The number of anilines is 2. The Morgan fingerprint density at radius 2 is 1.71 bits per heavy atom. The number of hydrogen-bond donors (Lipinski definition) is 2. The zero-order chi connectivity index (χ0) is 24.7. The summed E-state index contributed by atoms with van der Waals surface area (Å²) in [5.41, 5.74) is 2.36. The van der Waals surface area contributed by atoms with Crippen LogP contribution in [0.5, 0.6) is 17.2 Å². The molecule has 2 aliphatic rings. The normalized spacial score (nSPS) is 15.9. The zero-order valence-corrected chi connectivity index (χ0v) is 19.1. The van der Waals surface area contributed by atoms with Crippen LogP contribution in [0.25, 0.3) is 0 Å². The Hall–Kier alpha value is -4.53. The predicted molar refractivity (Wildman–Crippen MR) is 128 cm³/mol. The molecule has 178 valence electrons. The Morgan fingerprint density at radius 1 is 0.971 bits per heavy atom. The minimum atomic E-state index is -0.721. The van der Waals surface area contributed by atoms with Gasteiger partial charge in [-0.25, -0.2) is 0 Å². The number of amides is 3. The number of carbonyl (C=O) groups is 3. The van der Waals surface area contributed by atoms with Gasteiger partial charge in [0.15, 0.2) is 11.5 Å². The maximum atomic E-state index is 13.7. The molecule has 35 heavy (non-hydrogen) atoms. The van der Waals surface area contributed by atoms with Gasteiger partial charge in [-0.2, -0.15) is 0 Å². The van der Waals surface area contributed by atoms with Gasteiger partial charge in [0.2, 0.25) is 5.91 Å². The van der Waals surface area contributed by atoms with E-state index >= 15 is 0 Å². The maximum absolute atomic E-state index is 13.7. The summed E-state index contributed by atoms with van der Waals surface area (Å²) in [4.78, 5) is 42.9. The fraction of sp³-hybridized carbons (Fsp3) is 0.192. The highest BCUT2D eigenvalue weighted by Gasteiger charge is 2.49. The molecule has 0 aliphatic carbocycles. The van der Waals surface area contributed by atoms with E-state index in [1.807, 2.05) is 0 Å². The number of nitrogens with one attached hydrogen (secondary N) is 1. The average Bonchev–Trinajstić information content (AvgIpc) is 3.17. The fourth-order valence-electron chi connectivity index (χ4n) is 4.64. The molecule has 2 N–H and O–H groups in total. The summed E-state index contributed by atoms with van der Waals surface area (Å²) in [5, 5.41) is 12.2. The Labute approximate surface area is 201 Å². The van der Waals surface area contributed by atoms with E-state index in [1.54, 1.807) is 53.4 Å². The summed E-state index contributed by atoms with van der Waals surface area (Å²) in [6.45, 7) is 0.0827. The molecule has 3 amide bonds. The van der Waals surface area contributed by atoms with Crippen molar-refractivity contribution < 1.29 is 29.0 Å². The molecule has 2 aliphatic heterocycles. The van der Waals surface area contributed by atoms with Crippen molar-refractivity contribution in [3.8, 4) is 17.2 Å². The molecule has 9 nitrogen and oxygen atoms in total. The van der Waals surface area contributed by atoms with Gasteiger partial charge in [-0.05, 0) is 42.5 Å². The third-order valence-corrected chi connectivity index (χ3v) is 6.21. The summed E-state index contributed by atoms with van der Waals surface area (Å²) in [6, 6.07) is 16.5. The van der Waals surface area contributed by atoms with Crippen molar-refractivity contribution in [3.63, 3.8) is 0 Å². The molecule has 3 aromatic rings. The first-order valence-corrected chi connectivity index (χ1v) is 11.0. The van der Waals surface area contributed by atoms with Crippen molar-refractivity contribution in [2.24, 2.45) is 0 Å². The molecule has 0 unspecified atom stereocenters. The summed E-state index contributed by atoms with van der Waals surface area (Å²) in [6.07, 6.45) is -0.711. The summed E-state index contributed by atoms with van der Waals surface area (Å²) in [7, 11) is 2.96. The Balaban J connectivity index is 1.50. The average molecular weight is 473 g/mol. The monoisotopic (exact) mass is 473 g/mol. The lowest BCUT2D eigenvalue weighted by Gasteiger charge is -2.40. The number of hydrogen-bond acceptors (Lipinski definition) is 6. The molecular formula is C26H23N3O6. The van der Waals surface area contributed by atoms with Crippen LogP contribution in [0.2, 0.25) is 0 Å². The van der Waals surface area contributed by atoms with Crippen molar-refractivity contribution in [1.29, 1.82) is 0 Å². The predicted octanol–water partition coefficient (Wildman–Crippen LogP) is 3.55. The van der Waals surface area contributed by atoms with E-state index < -0.39 is 6.17 Å². The van der Waals surface area contributed by atoms with Crippen LogP contribution < -0.4 is 19.7 Å². The minimum Gasteiger partial charge on any atom is -0.508 e. The SMILES string of the molecule is COc1ccc2c(c1OC)C(=O)N1c3ccccc3C(=O)N(CCC(=O)Nc3ccc(O)cc3)[C@H]21. The number of rotatable bonds is 6. The lowest BCUT2D eigenvalue weighted by molar-refractivity contribution is -0.116. The van der Waals surface area contributed by atoms with E-state index in [4.69, 9.17) is 9.47 Å². The van der Waals surface area contributed by atoms with Gasteiger partial charge in [0.05, 0.1) is 31.0 Å². The van der Waals surface area contributed by atoms with Crippen molar-refractivity contribution in [2.75, 3.05) is 31.0 Å². The van der Waals surface area contributed by atoms with Crippen molar-refractivity contribution >= 4 is 29.1 Å². The maximum Gasteiger partial charge on any atom is 0.264 e. The minimum absolute atomic E-state index is 0.00986. The first-order chi connectivity index (χ1) is 16.9. The van der Waals surface area contributed by atoms with Gasteiger partial charge in [-0.15, -0.1) is 0 Å². The number of methoxy groups -OCH3 is 2. The molecule has 2 heterocycles. The molecule has 0 fully saturated rings. The zero-order valence-electron chi connectivity index (χ0n) is 19.1. The van der Waals surface area contributed by atoms with Crippen LogP contribution in [-0.2, 0) is 4.79 Å². The van der Waals surface area contributed by atoms with Gasteiger partial charge < -0.3 is 24.8 Å². The van der Waals surface area contributed by atoms with Crippen LogP contribution in [0.3, 0.4) is 0 Å². The second-order valence-corrected chi connectivity index (χ2v) is 8.17. The summed E-state index contributed by atoms with van der Waals surface area (Å²) >= 11 is 0.